The normalized spacial score (nSPS) is 14.6. The standard InChI is InChI=1S/C21H25Cl2N3O3S/c1-3-15-12-16(21(28)29-4-2)20(30-15)24-19(27)13-25-7-9-26(10-8-25)14-5-6-17(22)18(23)11-14/h5-6,11-12H,3-4,7-10,13H2,1-2H3,(H,24,27). The predicted octanol–water partition coefficient (Wildman–Crippen LogP) is 4.55. The van der Waals surface area contributed by atoms with Gasteiger partial charge in [0.1, 0.15) is 5.00 Å². The molecular formula is C21H25Cl2N3O3S. The lowest BCUT2D eigenvalue weighted by Gasteiger charge is -2.35. The number of hydrogen-bond donors (Lipinski definition) is 1. The Labute approximate surface area is 190 Å². The Morgan fingerprint density at radius 1 is 1.10 bits per heavy atom. The van der Waals surface area contributed by atoms with Crippen molar-refractivity contribution in [1.29, 1.82) is 0 Å². The molecule has 1 fully saturated rings. The van der Waals surface area contributed by atoms with Gasteiger partial charge < -0.3 is 15.0 Å². The highest BCUT2D eigenvalue weighted by atomic mass is 35.5. The molecule has 0 radical (unpaired) electrons. The van der Waals surface area contributed by atoms with Crippen molar-refractivity contribution in [3.63, 3.8) is 0 Å². The van der Waals surface area contributed by atoms with Crippen LogP contribution in [0.15, 0.2) is 24.3 Å². The van der Waals surface area contributed by atoms with Crippen LogP contribution in [0, 0.1) is 0 Å². The molecule has 2 heterocycles. The van der Waals surface area contributed by atoms with Crippen LogP contribution in [0.25, 0.3) is 0 Å². The van der Waals surface area contributed by atoms with Gasteiger partial charge in [-0.05, 0) is 37.6 Å². The first kappa shape index (κ1) is 22.9. The second-order valence-electron chi connectivity index (χ2n) is 6.94. The van der Waals surface area contributed by atoms with Crippen molar-refractivity contribution in [1.82, 2.24) is 4.90 Å². The summed E-state index contributed by atoms with van der Waals surface area (Å²) in [4.78, 5) is 30.1. The van der Waals surface area contributed by atoms with Crippen LogP contribution in [-0.2, 0) is 16.0 Å². The number of nitrogens with one attached hydrogen (secondary N) is 1. The highest BCUT2D eigenvalue weighted by Gasteiger charge is 2.22. The second-order valence-corrected chi connectivity index (χ2v) is 8.89. The molecule has 0 aliphatic carbocycles. The number of anilines is 2. The number of halogens is 2. The molecule has 1 aliphatic rings. The van der Waals surface area contributed by atoms with Gasteiger partial charge in [-0.15, -0.1) is 11.3 Å². The van der Waals surface area contributed by atoms with E-state index in [1.54, 1.807) is 19.1 Å². The van der Waals surface area contributed by atoms with Crippen molar-refractivity contribution in [2.24, 2.45) is 0 Å². The fourth-order valence-electron chi connectivity index (χ4n) is 3.28. The minimum atomic E-state index is -0.404. The first-order valence-corrected chi connectivity index (χ1v) is 11.5. The number of hydrogen-bond acceptors (Lipinski definition) is 6. The van der Waals surface area contributed by atoms with Crippen LogP contribution in [0.5, 0.6) is 0 Å². The molecule has 6 nitrogen and oxygen atoms in total. The van der Waals surface area contributed by atoms with Gasteiger partial charge in [0.15, 0.2) is 0 Å². The fourth-order valence-corrected chi connectivity index (χ4v) is 4.58. The summed E-state index contributed by atoms with van der Waals surface area (Å²) in [6, 6.07) is 7.42. The van der Waals surface area contributed by atoms with E-state index in [-0.39, 0.29) is 12.5 Å². The van der Waals surface area contributed by atoms with Crippen LogP contribution in [0.1, 0.15) is 29.1 Å². The molecule has 0 saturated carbocycles. The van der Waals surface area contributed by atoms with Gasteiger partial charge in [0.05, 0.1) is 28.8 Å². The Morgan fingerprint density at radius 2 is 1.83 bits per heavy atom. The quantitative estimate of drug-likeness (QED) is 0.602. The smallest absolute Gasteiger partial charge is 0.341 e. The Bertz CT molecular complexity index is 911. The van der Waals surface area contributed by atoms with Crippen LogP contribution in [-0.4, -0.2) is 56.1 Å². The molecule has 1 aliphatic heterocycles. The number of aryl methyl sites for hydroxylation is 1. The van der Waals surface area contributed by atoms with Crippen molar-refractivity contribution in [3.05, 3.63) is 44.8 Å². The lowest BCUT2D eigenvalue weighted by atomic mass is 10.2. The molecule has 0 atom stereocenters. The van der Waals surface area contributed by atoms with Crippen molar-refractivity contribution in [2.75, 3.05) is 49.5 Å². The molecule has 0 unspecified atom stereocenters. The van der Waals surface area contributed by atoms with Gasteiger partial charge in [0.2, 0.25) is 5.91 Å². The van der Waals surface area contributed by atoms with E-state index in [4.69, 9.17) is 27.9 Å². The van der Waals surface area contributed by atoms with Crippen molar-refractivity contribution >= 4 is 57.1 Å². The minimum Gasteiger partial charge on any atom is -0.462 e. The average molecular weight is 470 g/mol. The van der Waals surface area contributed by atoms with E-state index >= 15 is 0 Å². The monoisotopic (exact) mass is 469 g/mol. The van der Waals surface area contributed by atoms with Crippen molar-refractivity contribution < 1.29 is 14.3 Å². The van der Waals surface area contributed by atoms with Gasteiger partial charge in [-0.2, -0.15) is 0 Å². The predicted molar refractivity (Wildman–Crippen MR) is 123 cm³/mol. The molecule has 3 rings (SSSR count). The topological polar surface area (TPSA) is 61.9 Å². The molecule has 1 amide bonds. The summed E-state index contributed by atoms with van der Waals surface area (Å²) in [5, 5.41) is 4.54. The third-order valence-electron chi connectivity index (χ3n) is 4.89. The van der Waals surface area contributed by atoms with Crippen molar-refractivity contribution in [3.8, 4) is 0 Å². The summed E-state index contributed by atoms with van der Waals surface area (Å²) in [5.41, 5.74) is 1.45. The molecule has 2 aromatic rings. The van der Waals surface area contributed by atoms with Gasteiger partial charge in [-0.25, -0.2) is 4.79 Å². The Morgan fingerprint density at radius 3 is 2.47 bits per heavy atom. The number of carbonyl (C=O) groups excluding carboxylic acids is 2. The van der Waals surface area contributed by atoms with Gasteiger partial charge in [-0.1, -0.05) is 30.1 Å². The fraction of sp³-hybridized carbons (Fsp3) is 0.429. The van der Waals surface area contributed by atoms with E-state index in [0.717, 1.165) is 43.2 Å². The van der Waals surface area contributed by atoms with E-state index in [1.807, 2.05) is 19.1 Å². The molecule has 1 aromatic carbocycles. The SMILES string of the molecule is CCOC(=O)c1cc(CC)sc1NC(=O)CN1CCN(c2ccc(Cl)c(Cl)c2)CC1. The molecule has 1 saturated heterocycles. The number of ether oxygens (including phenoxy) is 1. The molecule has 30 heavy (non-hydrogen) atoms. The molecule has 0 bridgehead atoms. The number of carbonyl (C=O) groups is 2. The number of nitrogens with zero attached hydrogens (tertiary/aromatic N) is 2. The zero-order valence-corrected chi connectivity index (χ0v) is 19.4. The highest BCUT2D eigenvalue weighted by molar-refractivity contribution is 7.16. The minimum absolute atomic E-state index is 0.131. The zero-order valence-electron chi connectivity index (χ0n) is 17.0. The lowest BCUT2D eigenvalue weighted by molar-refractivity contribution is -0.117. The largest absolute Gasteiger partial charge is 0.462 e. The Kier molecular flexibility index (Phi) is 7.99. The second kappa shape index (κ2) is 10.5. The number of amides is 1. The van der Waals surface area contributed by atoms with Crippen LogP contribution < -0.4 is 10.2 Å². The van der Waals surface area contributed by atoms with Gasteiger partial charge in [0.25, 0.3) is 0 Å². The summed E-state index contributed by atoms with van der Waals surface area (Å²) in [7, 11) is 0. The van der Waals surface area contributed by atoms with Crippen LogP contribution in [0.3, 0.4) is 0 Å². The summed E-state index contributed by atoms with van der Waals surface area (Å²) in [6.45, 7) is 7.44. The van der Waals surface area contributed by atoms with Gasteiger partial charge in [0, 0.05) is 36.7 Å². The van der Waals surface area contributed by atoms with E-state index in [1.165, 1.54) is 11.3 Å². The van der Waals surface area contributed by atoms with E-state index < -0.39 is 5.97 Å². The van der Waals surface area contributed by atoms with E-state index in [9.17, 15) is 9.59 Å². The summed E-state index contributed by atoms with van der Waals surface area (Å²) in [6.07, 6.45) is 0.795. The highest BCUT2D eigenvalue weighted by Crippen LogP contribution is 2.30. The zero-order chi connectivity index (χ0) is 21.7. The number of piperazine rings is 1. The maximum Gasteiger partial charge on any atom is 0.341 e. The summed E-state index contributed by atoms with van der Waals surface area (Å²) in [5.74, 6) is -0.535. The molecule has 9 heteroatoms. The van der Waals surface area contributed by atoms with Crippen LogP contribution in [0.2, 0.25) is 10.0 Å². The first-order valence-electron chi connectivity index (χ1n) is 9.93. The molecule has 1 N–H and O–H groups in total. The van der Waals surface area contributed by atoms with E-state index in [0.29, 0.717) is 27.2 Å². The summed E-state index contributed by atoms with van der Waals surface area (Å²) < 4.78 is 5.11. The molecule has 0 spiro atoms. The number of benzene rings is 1. The third kappa shape index (κ3) is 5.66. The lowest BCUT2D eigenvalue weighted by Crippen LogP contribution is -2.48. The molecule has 162 valence electrons. The van der Waals surface area contributed by atoms with Crippen LogP contribution >= 0.6 is 34.5 Å². The number of thiophene rings is 1. The maximum atomic E-state index is 12.6. The van der Waals surface area contributed by atoms with Gasteiger partial charge in [-0.3, -0.25) is 9.69 Å². The summed E-state index contributed by atoms with van der Waals surface area (Å²) >= 11 is 13.5. The number of esters is 1. The maximum absolute atomic E-state index is 12.6. The van der Waals surface area contributed by atoms with Gasteiger partial charge >= 0.3 is 5.97 Å². The first-order chi connectivity index (χ1) is 14.4. The van der Waals surface area contributed by atoms with Crippen LogP contribution in [0.4, 0.5) is 10.7 Å². The van der Waals surface area contributed by atoms with Crippen molar-refractivity contribution in [2.45, 2.75) is 20.3 Å². The Hall–Kier alpha value is -1.80. The Balaban J connectivity index is 1.56. The molecule has 1 aromatic heterocycles. The number of rotatable bonds is 7. The average Bonchev–Trinajstić information content (AvgIpc) is 3.13. The third-order valence-corrected chi connectivity index (χ3v) is 6.82. The molecular weight excluding hydrogens is 445 g/mol. The van der Waals surface area contributed by atoms with E-state index in [2.05, 4.69) is 15.1 Å².